The maximum atomic E-state index is 13.6. The van der Waals surface area contributed by atoms with Crippen molar-refractivity contribution in [3.63, 3.8) is 0 Å². The van der Waals surface area contributed by atoms with Crippen molar-refractivity contribution in [1.29, 1.82) is 0 Å². The summed E-state index contributed by atoms with van der Waals surface area (Å²) in [4.78, 5) is 13.6. The van der Waals surface area contributed by atoms with E-state index in [0.717, 1.165) is 61.1 Å². The van der Waals surface area contributed by atoms with Gasteiger partial charge in [0, 0.05) is 36.3 Å². The second kappa shape index (κ2) is 8.78. The van der Waals surface area contributed by atoms with Crippen molar-refractivity contribution >= 4 is 5.97 Å². The quantitative estimate of drug-likeness (QED) is 0.442. The fraction of sp³-hybridized carbons (Fsp3) is 0.500. The minimum absolute atomic E-state index is 0. The molecule has 6 nitrogen and oxygen atoms in total. The molecule has 0 amide bonds. The number of benzene rings is 2. The first kappa shape index (κ1) is 23.0. The molecule has 4 aliphatic heterocycles. The van der Waals surface area contributed by atoms with Crippen LogP contribution in [0.15, 0.2) is 48.5 Å². The molecule has 2 aromatic rings. The standard InChI is InChI=1S/C26H30NO5.BrH/c28-25(26(29)21-7-3-1-5-19(21)20-6-2-4-8-22(20)26)32-23-17-27(12-9-18(23)10-13-27)14-11-24-30-15-16-31-24;/h1-8,18,23-24,29H,9-17H2;1H/q+1;/p-1/t18?,23-,27?;/m0./s1. The van der Waals surface area contributed by atoms with Gasteiger partial charge in [0.15, 0.2) is 12.4 Å². The zero-order valence-electron chi connectivity index (χ0n) is 18.6. The van der Waals surface area contributed by atoms with Crippen LogP contribution in [0.4, 0.5) is 0 Å². The number of fused-ring (bicyclic) bond motifs is 6. The first-order valence-electron chi connectivity index (χ1n) is 11.8. The van der Waals surface area contributed by atoms with Gasteiger partial charge in [-0.05, 0) is 11.1 Å². The highest BCUT2D eigenvalue weighted by molar-refractivity contribution is 5.96. The maximum Gasteiger partial charge on any atom is 0.348 e. The van der Waals surface area contributed by atoms with Gasteiger partial charge in [-0.25, -0.2) is 4.79 Å². The van der Waals surface area contributed by atoms with E-state index in [1.165, 1.54) is 0 Å². The van der Waals surface area contributed by atoms with E-state index in [-0.39, 0.29) is 29.4 Å². The predicted octanol–water partition coefficient (Wildman–Crippen LogP) is -0.178. The van der Waals surface area contributed by atoms with E-state index in [2.05, 4.69) is 0 Å². The Labute approximate surface area is 204 Å². The highest BCUT2D eigenvalue weighted by Crippen LogP contribution is 2.48. The van der Waals surface area contributed by atoms with Crippen LogP contribution in [-0.4, -0.2) is 67.3 Å². The van der Waals surface area contributed by atoms with Gasteiger partial charge in [-0.3, -0.25) is 0 Å². The molecular formula is C26H30BrNO5. The van der Waals surface area contributed by atoms with Crippen molar-refractivity contribution in [2.24, 2.45) is 5.92 Å². The molecular weight excluding hydrogens is 486 g/mol. The van der Waals surface area contributed by atoms with E-state index in [9.17, 15) is 9.90 Å². The van der Waals surface area contributed by atoms with Crippen molar-refractivity contribution < 1.29 is 45.6 Å². The zero-order chi connectivity index (χ0) is 21.8. The maximum absolute atomic E-state index is 13.6. The van der Waals surface area contributed by atoms with Crippen LogP contribution in [0.2, 0.25) is 0 Å². The Morgan fingerprint density at radius 2 is 1.58 bits per heavy atom. The summed E-state index contributed by atoms with van der Waals surface area (Å²) < 4.78 is 18.4. The molecule has 7 heteroatoms. The van der Waals surface area contributed by atoms with Crippen LogP contribution in [0.25, 0.3) is 11.1 Å². The highest BCUT2D eigenvalue weighted by Gasteiger charge is 2.53. The van der Waals surface area contributed by atoms with E-state index in [0.29, 0.717) is 30.3 Å². The minimum atomic E-state index is -1.75. The normalized spacial score (nSPS) is 29.2. The predicted molar refractivity (Wildman–Crippen MR) is 118 cm³/mol. The molecule has 33 heavy (non-hydrogen) atoms. The van der Waals surface area contributed by atoms with Crippen LogP contribution in [0.5, 0.6) is 0 Å². The molecule has 1 aliphatic carbocycles. The molecule has 1 atom stereocenters. The second-order valence-electron chi connectivity index (χ2n) is 9.74. The number of piperidine rings is 3. The number of aliphatic hydroxyl groups is 1. The third-order valence-corrected chi connectivity index (χ3v) is 8.05. The summed E-state index contributed by atoms with van der Waals surface area (Å²) in [6, 6.07) is 15.2. The van der Waals surface area contributed by atoms with E-state index >= 15 is 0 Å². The number of hydrogen-bond acceptors (Lipinski definition) is 5. The Bertz CT molecular complexity index is 983. The molecule has 2 aromatic carbocycles. The zero-order valence-corrected chi connectivity index (χ0v) is 20.2. The summed E-state index contributed by atoms with van der Waals surface area (Å²) in [7, 11) is 0. The average Bonchev–Trinajstić information content (AvgIpc) is 3.45. The molecule has 7 rings (SSSR count). The lowest BCUT2D eigenvalue weighted by molar-refractivity contribution is -0.946. The van der Waals surface area contributed by atoms with Crippen LogP contribution >= 0.6 is 0 Å². The molecule has 5 aliphatic rings. The van der Waals surface area contributed by atoms with E-state index in [1.807, 2.05) is 48.5 Å². The lowest BCUT2D eigenvalue weighted by Crippen LogP contribution is -3.00. The number of carbonyl (C=O) groups excluding carboxylic acids is 1. The molecule has 0 unspecified atom stereocenters. The molecule has 0 spiro atoms. The van der Waals surface area contributed by atoms with Crippen molar-refractivity contribution in [1.82, 2.24) is 0 Å². The van der Waals surface area contributed by atoms with Gasteiger partial charge in [-0.15, -0.1) is 0 Å². The minimum Gasteiger partial charge on any atom is -1.00 e. The summed E-state index contributed by atoms with van der Waals surface area (Å²) in [6.07, 6.45) is 2.71. The molecule has 0 aromatic heterocycles. The average molecular weight is 516 g/mol. The smallest absolute Gasteiger partial charge is 0.348 e. The molecule has 2 bridgehead atoms. The molecule has 0 radical (unpaired) electrons. The summed E-state index contributed by atoms with van der Waals surface area (Å²) >= 11 is 0. The molecule has 0 saturated carbocycles. The SMILES string of the molecule is O=C(O[C@H]1C[N+]2(CCC3OCCO3)CCC1CC2)C1(O)c2ccccc2-c2ccccc21.[Br-]. The van der Waals surface area contributed by atoms with Gasteiger partial charge in [-0.2, -0.15) is 0 Å². The Kier molecular flexibility index (Phi) is 6.12. The van der Waals surface area contributed by atoms with Crippen molar-refractivity contribution in [2.75, 3.05) is 39.4 Å². The van der Waals surface area contributed by atoms with E-state index in [1.54, 1.807) is 0 Å². The number of ether oxygens (including phenoxy) is 3. The number of halogens is 1. The largest absolute Gasteiger partial charge is 1.00 e. The topological polar surface area (TPSA) is 65.0 Å². The van der Waals surface area contributed by atoms with Gasteiger partial charge in [0.05, 0.1) is 32.8 Å². The molecule has 4 heterocycles. The Hall–Kier alpha value is -1.77. The van der Waals surface area contributed by atoms with Gasteiger partial charge < -0.3 is 40.8 Å². The Morgan fingerprint density at radius 1 is 1.00 bits per heavy atom. The molecule has 4 fully saturated rings. The molecule has 1 N–H and O–H groups in total. The van der Waals surface area contributed by atoms with Crippen molar-refractivity contribution in [3.8, 4) is 11.1 Å². The third-order valence-electron chi connectivity index (χ3n) is 8.05. The summed E-state index contributed by atoms with van der Waals surface area (Å²) in [6.45, 7) is 5.36. The van der Waals surface area contributed by atoms with Crippen molar-refractivity contribution in [2.45, 2.75) is 37.3 Å². The number of rotatable bonds is 5. The van der Waals surface area contributed by atoms with Crippen LogP contribution in [0.1, 0.15) is 30.4 Å². The highest BCUT2D eigenvalue weighted by atomic mass is 79.9. The molecule has 4 saturated heterocycles. The van der Waals surface area contributed by atoms with Gasteiger partial charge in [0.25, 0.3) is 0 Å². The fourth-order valence-corrected chi connectivity index (χ4v) is 6.28. The summed E-state index contributed by atoms with van der Waals surface area (Å²) in [5.41, 5.74) is 1.28. The third kappa shape index (κ3) is 3.74. The first-order chi connectivity index (χ1) is 15.6. The first-order valence-corrected chi connectivity index (χ1v) is 11.8. The van der Waals surface area contributed by atoms with E-state index in [4.69, 9.17) is 14.2 Å². The summed E-state index contributed by atoms with van der Waals surface area (Å²) in [5.74, 6) is -0.178. The summed E-state index contributed by atoms with van der Waals surface area (Å²) in [5, 5.41) is 11.8. The van der Waals surface area contributed by atoms with Crippen LogP contribution in [0.3, 0.4) is 0 Å². The monoisotopic (exact) mass is 515 g/mol. The lowest BCUT2D eigenvalue weighted by atomic mass is 9.82. The fourth-order valence-electron chi connectivity index (χ4n) is 6.28. The van der Waals surface area contributed by atoms with Gasteiger partial charge >= 0.3 is 5.97 Å². The van der Waals surface area contributed by atoms with Gasteiger partial charge in [0.1, 0.15) is 6.54 Å². The van der Waals surface area contributed by atoms with Gasteiger partial charge in [-0.1, -0.05) is 48.5 Å². The second-order valence-corrected chi connectivity index (χ2v) is 9.74. The number of esters is 1. The lowest BCUT2D eigenvalue weighted by Gasteiger charge is -2.52. The molecule has 176 valence electrons. The van der Waals surface area contributed by atoms with Crippen molar-refractivity contribution in [3.05, 3.63) is 59.7 Å². The number of carbonyl (C=O) groups is 1. The van der Waals surface area contributed by atoms with Crippen LogP contribution in [0, 0.1) is 5.92 Å². The Balaban J connectivity index is 0.00000228. The number of nitrogens with zero attached hydrogens (tertiary/aromatic N) is 1. The number of quaternary nitrogens is 1. The van der Waals surface area contributed by atoms with Crippen LogP contribution < -0.4 is 17.0 Å². The van der Waals surface area contributed by atoms with Gasteiger partial charge in [0.2, 0.25) is 5.60 Å². The van der Waals surface area contributed by atoms with Crippen LogP contribution in [-0.2, 0) is 24.6 Å². The van der Waals surface area contributed by atoms with E-state index < -0.39 is 11.6 Å². The Morgan fingerprint density at radius 3 is 2.18 bits per heavy atom. The number of hydrogen-bond donors (Lipinski definition) is 1.